The summed E-state index contributed by atoms with van der Waals surface area (Å²) >= 11 is 0. The van der Waals surface area contributed by atoms with Gasteiger partial charge in [-0.3, -0.25) is 15.6 Å². The number of anilines is 2. The monoisotopic (exact) mass is 768 g/mol. The van der Waals surface area contributed by atoms with Crippen LogP contribution in [0.5, 0.6) is 0 Å². The lowest BCUT2D eigenvalue weighted by Gasteiger charge is -2.31. The number of rotatable bonds is 11. The largest absolute Gasteiger partial charge is 0.313 e. The molecule has 59 heavy (non-hydrogen) atoms. The predicted molar refractivity (Wildman–Crippen MR) is 248 cm³/mol. The van der Waals surface area contributed by atoms with Gasteiger partial charge in [0.1, 0.15) is 6.17 Å². The molecule has 4 aliphatic carbocycles. The first-order valence-electron chi connectivity index (χ1n) is 21.4. The third kappa shape index (κ3) is 6.80. The van der Waals surface area contributed by atoms with Gasteiger partial charge in [-0.15, -0.1) is 0 Å². The van der Waals surface area contributed by atoms with Crippen molar-refractivity contribution in [2.45, 2.75) is 63.2 Å². The van der Waals surface area contributed by atoms with E-state index in [0.717, 1.165) is 37.8 Å². The first kappa shape index (κ1) is 37.2. The van der Waals surface area contributed by atoms with Gasteiger partial charge in [-0.2, -0.15) is 0 Å². The standard InChI is InChI=1S/C55H52N4/c1-55(2)48-24-14-13-22-46(48)52-44(23-15-25-49(52)55)39-28-26-38(27-29-39)41-31-33-50-47(34-41)45-32-30-42(35-51(45)59(50)43-20-11-6-12-21-43)53(56-3)58-54(40-18-9-5-10-19-40)57-36-37-16-7-4-8-17-37/h4-9,11-16,18,20-31,33-35,37,45,53-54,57-58H,3,10,17,19,32,36H2,1-2H3. The summed E-state index contributed by atoms with van der Waals surface area (Å²) in [5, 5.41) is 7.76. The molecular formula is C55H52N4. The van der Waals surface area contributed by atoms with Gasteiger partial charge in [0.2, 0.25) is 0 Å². The number of para-hydroxylation sites is 1. The van der Waals surface area contributed by atoms with Gasteiger partial charge in [-0.1, -0.05) is 153 Å². The van der Waals surface area contributed by atoms with Crippen molar-refractivity contribution >= 4 is 18.1 Å². The summed E-state index contributed by atoms with van der Waals surface area (Å²) in [4.78, 5) is 7.18. The fourth-order valence-corrected chi connectivity index (χ4v) is 10.1. The van der Waals surface area contributed by atoms with Crippen molar-refractivity contribution in [2.75, 3.05) is 11.4 Å². The molecule has 0 fully saturated rings. The van der Waals surface area contributed by atoms with E-state index in [1.54, 1.807) is 0 Å². The van der Waals surface area contributed by atoms with E-state index in [0.29, 0.717) is 5.92 Å². The molecule has 2 N–H and O–H groups in total. The summed E-state index contributed by atoms with van der Waals surface area (Å²) in [7, 11) is 0. The van der Waals surface area contributed by atoms with Crippen LogP contribution in [-0.2, 0) is 5.41 Å². The summed E-state index contributed by atoms with van der Waals surface area (Å²) < 4.78 is 0. The summed E-state index contributed by atoms with van der Waals surface area (Å²) in [5.74, 6) is 0.714. The van der Waals surface area contributed by atoms with Gasteiger partial charge in [-0.25, -0.2) is 0 Å². The minimum absolute atomic E-state index is 0.00260. The highest BCUT2D eigenvalue weighted by Crippen LogP contribution is 2.54. The van der Waals surface area contributed by atoms with Crippen LogP contribution in [0.3, 0.4) is 0 Å². The van der Waals surface area contributed by atoms with Gasteiger partial charge in [0.25, 0.3) is 0 Å². The van der Waals surface area contributed by atoms with Gasteiger partial charge < -0.3 is 4.90 Å². The molecule has 0 spiro atoms. The van der Waals surface area contributed by atoms with E-state index in [9.17, 15) is 0 Å². The average Bonchev–Trinajstić information content (AvgIpc) is 3.75. The van der Waals surface area contributed by atoms with Gasteiger partial charge in [0, 0.05) is 34.9 Å². The van der Waals surface area contributed by atoms with Crippen LogP contribution in [0.2, 0.25) is 0 Å². The first-order chi connectivity index (χ1) is 29.0. The van der Waals surface area contributed by atoms with Crippen molar-refractivity contribution in [1.29, 1.82) is 0 Å². The molecule has 4 heteroatoms. The smallest absolute Gasteiger partial charge is 0.126 e. The van der Waals surface area contributed by atoms with Crippen molar-refractivity contribution in [2.24, 2.45) is 10.9 Å². The van der Waals surface area contributed by atoms with Crippen molar-refractivity contribution < 1.29 is 0 Å². The maximum absolute atomic E-state index is 4.72. The Bertz CT molecular complexity index is 2600. The topological polar surface area (TPSA) is 39.7 Å². The highest BCUT2D eigenvalue weighted by molar-refractivity contribution is 5.93. The van der Waals surface area contributed by atoms with Crippen molar-refractivity contribution in [3.05, 3.63) is 203 Å². The Morgan fingerprint density at radius 3 is 2.36 bits per heavy atom. The normalized spacial score (nSPS) is 20.4. The van der Waals surface area contributed by atoms with E-state index in [2.05, 4.69) is 206 Å². The second-order valence-electron chi connectivity index (χ2n) is 17.1. The Labute approximate surface area is 349 Å². The van der Waals surface area contributed by atoms with Crippen molar-refractivity contribution in [1.82, 2.24) is 10.6 Å². The van der Waals surface area contributed by atoms with Crippen LogP contribution in [0.4, 0.5) is 11.4 Å². The van der Waals surface area contributed by atoms with Crippen LogP contribution in [0, 0.1) is 5.92 Å². The molecule has 292 valence electrons. The molecule has 5 aromatic rings. The number of fused-ring (bicyclic) bond motifs is 6. The molecule has 5 aliphatic rings. The van der Waals surface area contributed by atoms with Crippen LogP contribution in [-0.4, -0.2) is 25.6 Å². The summed E-state index contributed by atoms with van der Waals surface area (Å²) in [6.45, 7) is 9.71. The minimum Gasteiger partial charge on any atom is -0.313 e. The van der Waals surface area contributed by atoms with E-state index in [1.807, 2.05) is 0 Å². The highest BCUT2D eigenvalue weighted by atomic mass is 15.2. The van der Waals surface area contributed by atoms with Gasteiger partial charge in [-0.05, 0) is 130 Å². The quantitative estimate of drug-likeness (QED) is 0.104. The molecule has 4 atom stereocenters. The number of hydrogen-bond acceptors (Lipinski definition) is 4. The Hall–Kier alpha value is -6.07. The maximum atomic E-state index is 4.72. The predicted octanol–water partition coefficient (Wildman–Crippen LogP) is 12.7. The number of hydrogen-bond donors (Lipinski definition) is 2. The zero-order valence-electron chi connectivity index (χ0n) is 34.1. The summed E-state index contributed by atoms with van der Waals surface area (Å²) in [6, 6.07) is 42.8. The molecule has 4 nitrogen and oxygen atoms in total. The van der Waals surface area contributed by atoms with Crippen LogP contribution in [0.15, 0.2) is 192 Å². The molecule has 0 radical (unpaired) electrons. The summed E-state index contributed by atoms with van der Waals surface area (Å²) in [5.41, 5.74) is 18.1. The Morgan fingerprint density at radius 2 is 1.56 bits per heavy atom. The number of allylic oxidation sites excluding steroid dienone is 8. The van der Waals surface area contributed by atoms with E-state index >= 15 is 0 Å². The zero-order valence-corrected chi connectivity index (χ0v) is 34.1. The maximum Gasteiger partial charge on any atom is 0.126 e. The molecule has 0 bridgehead atoms. The summed E-state index contributed by atoms with van der Waals surface area (Å²) in [6.07, 6.45) is 24.1. The van der Waals surface area contributed by atoms with E-state index < -0.39 is 0 Å². The minimum atomic E-state index is -0.254. The number of aliphatic imine (C=N–C) groups is 1. The SMILES string of the molecule is C=NC(NC(NCC1C=CC=CC1)C1=CC=CCC1)C1=CCC2C(=C1)N(c1ccccc1)c1ccc(-c3ccc(-c4cccc5c4-c4ccccc4C5(C)C)cc3)cc12. The molecule has 5 aromatic carbocycles. The Balaban J connectivity index is 0.947. The molecule has 1 aliphatic heterocycles. The fraction of sp³-hybridized carbons (Fsp3) is 0.218. The molecule has 4 unspecified atom stereocenters. The van der Waals surface area contributed by atoms with Gasteiger partial charge >= 0.3 is 0 Å². The lowest BCUT2D eigenvalue weighted by atomic mass is 9.82. The molecular weight excluding hydrogens is 717 g/mol. The lowest BCUT2D eigenvalue weighted by Crippen LogP contribution is -2.50. The first-order valence-corrected chi connectivity index (χ1v) is 21.4. The Kier molecular flexibility index (Phi) is 9.84. The van der Waals surface area contributed by atoms with Crippen LogP contribution in [0.25, 0.3) is 33.4 Å². The molecule has 1 heterocycles. The van der Waals surface area contributed by atoms with Gasteiger partial charge in [0.15, 0.2) is 0 Å². The molecule has 0 saturated heterocycles. The van der Waals surface area contributed by atoms with Crippen molar-refractivity contribution in [3.8, 4) is 33.4 Å². The lowest BCUT2D eigenvalue weighted by molar-refractivity contribution is 0.408. The fourth-order valence-electron chi connectivity index (χ4n) is 10.1. The molecule has 0 saturated carbocycles. The number of nitrogens with one attached hydrogen (secondary N) is 2. The third-order valence-electron chi connectivity index (χ3n) is 13.2. The van der Waals surface area contributed by atoms with E-state index in [-0.39, 0.29) is 23.7 Å². The van der Waals surface area contributed by atoms with E-state index in [1.165, 1.54) is 72.7 Å². The Morgan fingerprint density at radius 1 is 0.780 bits per heavy atom. The van der Waals surface area contributed by atoms with Crippen LogP contribution in [0.1, 0.15) is 62.1 Å². The number of benzene rings is 5. The van der Waals surface area contributed by atoms with Crippen molar-refractivity contribution in [3.63, 3.8) is 0 Å². The average molecular weight is 769 g/mol. The molecule has 10 rings (SSSR count). The number of nitrogens with zero attached hydrogens (tertiary/aromatic N) is 2. The second-order valence-corrected chi connectivity index (χ2v) is 17.1. The molecule has 0 aromatic heterocycles. The zero-order chi connectivity index (χ0) is 39.9. The highest BCUT2D eigenvalue weighted by Gasteiger charge is 2.38. The van der Waals surface area contributed by atoms with Gasteiger partial charge in [0.05, 0.1) is 6.17 Å². The third-order valence-corrected chi connectivity index (χ3v) is 13.2. The molecule has 0 amide bonds. The van der Waals surface area contributed by atoms with E-state index in [4.69, 9.17) is 4.99 Å². The second kappa shape index (κ2) is 15.6. The van der Waals surface area contributed by atoms with Crippen LogP contribution < -0.4 is 15.5 Å². The van der Waals surface area contributed by atoms with Crippen LogP contribution >= 0.6 is 0 Å².